The number of rotatable bonds is 9. The molecular weight excluding hydrogens is 671 g/mol. The molecule has 13 nitrogen and oxygen atoms in total. The van der Waals surface area contributed by atoms with Crippen LogP contribution >= 0.6 is 23.2 Å². The summed E-state index contributed by atoms with van der Waals surface area (Å²) in [6.07, 6.45) is 6.67. The summed E-state index contributed by atoms with van der Waals surface area (Å²) in [5.41, 5.74) is 13.8. The van der Waals surface area contributed by atoms with Gasteiger partial charge in [0.2, 0.25) is 10.9 Å². The number of ether oxygens (including phenoxy) is 1. The van der Waals surface area contributed by atoms with E-state index in [1.54, 1.807) is 58.2 Å². The Bertz CT molecular complexity index is 2210. The summed E-state index contributed by atoms with van der Waals surface area (Å²) in [7, 11) is -1.16. The summed E-state index contributed by atoms with van der Waals surface area (Å²) in [4.78, 5) is 45.7. The number of aromatic amines is 1. The number of nitrogens with one attached hydrogen (secondary N) is 1. The van der Waals surface area contributed by atoms with Gasteiger partial charge in [-0.25, -0.2) is 19.9 Å². The minimum atomic E-state index is -1.16. The number of pyridine rings is 4. The molecule has 0 aliphatic heterocycles. The molecule has 0 radical (unpaired) electrons. The van der Waals surface area contributed by atoms with Gasteiger partial charge < -0.3 is 34.9 Å². The number of nitrogen functional groups attached to an aromatic ring is 2. The Kier molecular flexibility index (Phi) is 10.4. The fourth-order valence-corrected chi connectivity index (χ4v) is 6.33. The molecule has 48 heavy (non-hydrogen) atoms. The van der Waals surface area contributed by atoms with Crippen molar-refractivity contribution in [3.8, 4) is 22.8 Å². The second-order valence-corrected chi connectivity index (χ2v) is 18.6. The van der Waals surface area contributed by atoms with Crippen LogP contribution in [-0.4, -0.2) is 53.3 Å². The van der Waals surface area contributed by atoms with E-state index in [1.807, 2.05) is 18.4 Å². The molecule has 6 aromatic rings. The molecular formula is C32H38Cl2N10O3Si. The average molecular weight is 710 g/mol. The van der Waals surface area contributed by atoms with Crippen molar-refractivity contribution in [1.29, 1.82) is 0 Å². The lowest BCUT2D eigenvalue weighted by Gasteiger charge is -2.17. The van der Waals surface area contributed by atoms with Crippen molar-refractivity contribution in [1.82, 2.24) is 38.6 Å². The SMILES string of the molecule is CCn1c(N)c(-c2ncc[nH]2)c(=O)c2ccc(Cl)nc21.CCn1c(N)c(-c2nccn2COCC[Si](C)(C)C)c(=O)c2ccc(Cl)nc21. The molecule has 0 aliphatic rings. The van der Waals surface area contributed by atoms with Crippen molar-refractivity contribution in [2.24, 2.45) is 0 Å². The van der Waals surface area contributed by atoms with Crippen molar-refractivity contribution >= 4 is 65.0 Å². The Morgan fingerprint density at radius 1 is 0.833 bits per heavy atom. The van der Waals surface area contributed by atoms with Crippen LogP contribution < -0.4 is 22.3 Å². The van der Waals surface area contributed by atoms with Crippen molar-refractivity contribution in [2.75, 3.05) is 18.1 Å². The lowest BCUT2D eigenvalue weighted by molar-refractivity contribution is 0.0883. The Morgan fingerprint density at radius 2 is 1.40 bits per heavy atom. The Hall–Kier alpha value is -4.50. The van der Waals surface area contributed by atoms with Crippen LogP contribution in [0.1, 0.15) is 13.8 Å². The van der Waals surface area contributed by atoms with Gasteiger partial charge in [0.1, 0.15) is 62.7 Å². The largest absolute Gasteiger partial charge is 0.384 e. The molecule has 0 saturated carbocycles. The summed E-state index contributed by atoms with van der Waals surface area (Å²) in [6, 6.07) is 7.61. The molecule has 0 amide bonds. The number of aromatic nitrogens is 8. The quantitative estimate of drug-likeness (QED) is 0.0941. The number of H-pyrrole nitrogens is 1. The van der Waals surface area contributed by atoms with E-state index in [1.165, 1.54) is 0 Å². The topological polar surface area (TPSA) is 178 Å². The number of anilines is 2. The van der Waals surface area contributed by atoms with Crippen molar-refractivity contribution in [2.45, 2.75) is 59.4 Å². The number of nitrogens with zero attached hydrogens (tertiary/aromatic N) is 7. The molecule has 0 bridgehead atoms. The number of aryl methyl sites for hydroxylation is 2. The highest BCUT2D eigenvalue weighted by Gasteiger charge is 2.21. The normalized spacial score (nSPS) is 11.6. The zero-order chi connectivity index (χ0) is 34.7. The number of hydrogen-bond donors (Lipinski definition) is 3. The number of fused-ring (bicyclic) bond motifs is 2. The van der Waals surface area contributed by atoms with Crippen LogP contribution in [0, 0.1) is 0 Å². The van der Waals surface area contributed by atoms with Gasteiger partial charge in [-0.05, 0) is 44.2 Å². The smallest absolute Gasteiger partial charge is 0.204 e. The lowest BCUT2D eigenvalue weighted by atomic mass is 10.1. The van der Waals surface area contributed by atoms with Gasteiger partial charge in [-0.1, -0.05) is 42.8 Å². The average Bonchev–Trinajstić information content (AvgIpc) is 3.73. The first-order chi connectivity index (χ1) is 22.9. The Balaban J connectivity index is 0.000000198. The predicted octanol–water partition coefficient (Wildman–Crippen LogP) is 5.87. The highest BCUT2D eigenvalue weighted by atomic mass is 35.5. The maximum absolute atomic E-state index is 13.2. The van der Waals surface area contributed by atoms with Gasteiger partial charge in [-0.15, -0.1) is 0 Å². The van der Waals surface area contributed by atoms with Crippen LogP contribution in [0.2, 0.25) is 36.0 Å². The van der Waals surface area contributed by atoms with E-state index < -0.39 is 8.07 Å². The number of hydrogen-bond acceptors (Lipinski definition) is 9. The third-order valence-electron chi connectivity index (χ3n) is 7.76. The highest BCUT2D eigenvalue weighted by Crippen LogP contribution is 2.27. The second-order valence-electron chi connectivity index (χ2n) is 12.2. The fourth-order valence-electron chi connectivity index (χ4n) is 5.29. The first-order valence-corrected chi connectivity index (χ1v) is 19.9. The third kappa shape index (κ3) is 7.01. The molecule has 6 rings (SSSR count). The number of halogens is 2. The zero-order valence-corrected chi connectivity index (χ0v) is 29.9. The molecule has 0 atom stereocenters. The standard InChI is InChI=1S/C19H26ClN5O2Si.C13H12ClN5O/c1-5-25-17(21)15(16(26)13-6-7-14(20)23-18(13)25)19-22-8-9-24(19)12-27-10-11-28(2,3)4;1-2-19-11(15)9(12-16-5-6-17-12)10(20)7-3-4-8(14)18-13(7)19/h6-9H,5,10-12,21H2,1-4H3;3-6H,2,15H2,1H3,(H,16,17). The van der Waals surface area contributed by atoms with E-state index in [9.17, 15) is 9.59 Å². The van der Waals surface area contributed by atoms with Gasteiger partial charge in [0.15, 0.2) is 0 Å². The summed E-state index contributed by atoms with van der Waals surface area (Å²) in [5, 5.41) is 1.57. The molecule has 0 aliphatic carbocycles. The first-order valence-electron chi connectivity index (χ1n) is 15.4. The molecule has 252 valence electrons. The maximum atomic E-state index is 13.2. The molecule has 0 fully saturated rings. The molecule has 6 aromatic heterocycles. The first kappa shape index (κ1) is 34.8. The van der Waals surface area contributed by atoms with Crippen LogP contribution in [0.4, 0.5) is 11.6 Å². The van der Waals surface area contributed by atoms with Gasteiger partial charge in [-0.3, -0.25) is 9.59 Å². The van der Waals surface area contributed by atoms with Gasteiger partial charge in [0.05, 0.1) is 10.8 Å². The maximum Gasteiger partial charge on any atom is 0.204 e. The summed E-state index contributed by atoms with van der Waals surface area (Å²) in [6.45, 7) is 12.9. The molecule has 0 saturated heterocycles. The number of nitrogens with two attached hydrogens (primary N) is 2. The second kappa shape index (κ2) is 14.3. The molecule has 0 spiro atoms. The molecule has 5 N–H and O–H groups in total. The number of imidazole rings is 2. The molecule has 16 heteroatoms. The third-order valence-corrected chi connectivity index (χ3v) is 9.89. The summed E-state index contributed by atoms with van der Waals surface area (Å²) < 4.78 is 11.2. The van der Waals surface area contributed by atoms with Crippen LogP contribution in [0.25, 0.3) is 44.8 Å². The van der Waals surface area contributed by atoms with E-state index in [-0.39, 0.29) is 10.9 Å². The highest BCUT2D eigenvalue weighted by molar-refractivity contribution is 6.76. The molecule has 6 heterocycles. The van der Waals surface area contributed by atoms with Crippen molar-refractivity contribution in [3.05, 3.63) is 79.8 Å². The fraction of sp³-hybridized carbons (Fsp3) is 0.312. The van der Waals surface area contributed by atoms with E-state index in [0.717, 1.165) is 6.04 Å². The minimum absolute atomic E-state index is 0.207. The van der Waals surface area contributed by atoms with Crippen LogP contribution in [0.3, 0.4) is 0 Å². The lowest BCUT2D eigenvalue weighted by Crippen LogP contribution is -2.22. The van der Waals surface area contributed by atoms with Crippen LogP contribution in [-0.2, 0) is 24.6 Å². The van der Waals surface area contributed by atoms with Crippen LogP contribution in [0.5, 0.6) is 0 Å². The van der Waals surface area contributed by atoms with Gasteiger partial charge >= 0.3 is 0 Å². The van der Waals surface area contributed by atoms with Gasteiger partial charge in [-0.2, -0.15) is 0 Å². The zero-order valence-electron chi connectivity index (χ0n) is 27.4. The van der Waals surface area contributed by atoms with E-state index in [2.05, 4.69) is 44.6 Å². The molecule has 0 unspecified atom stereocenters. The van der Waals surface area contributed by atoms with Gasteiger partial charge in [0, 0.05) is 52.6 Å². The minimum Gasteiger partial charge on any atom is -0.384 e. The van der Waals surface area contributed by atoms with E-state index >= 15 is 0 Å². The molecule has 0 aromatic carbocycles. The monoisotopic (exact) mass is 708 g/mol. The van der Waals surface area contributed by atoms with Crippen molar-refractivity contribution < 1.29 is 4.74 Å². The summed E-state index contributed by atoms with van der Waals surface area (Å²) in [5.74, 6) is 1.60. The van der Waals surface area contributed by atoms with E-state index in [0.29, 0.717) is 93.2 Å². The Morgan fingerprint density at radius 3 is 1.92 bits per heavy atom. The Labute approximate surface area is 287 Å². The van der Waals surface area contributed by atoms with Crippen molar-refractivity contribution in [3.63, 3.8) is 0 Å². The van der Waals surface area contributed by atoms with Gasteiger partial charge in [0.25, 0.3) is 0 Å². The van der Waals surface area contributed by atoms with E-state index in [4.69, 9.17) is 39.4 Å². The predicted molar refractivity (Wildman–Crippen MR) is 195 cm³/mol. The summed E-state index contributed by atoms with van der Waals surface area (Å²) >= 11 is 11.9. The van der Waals surface area contributed by atoms with Crippen LogP contribution in [0.15, 0.2) is 58.6 Å².